The molecule has 32 heavy (non-hydrogen) atoms. The summed E-state index contributed by atoms with van der Waals surface area (Å²) >= 11 is 6.24. The van der Waals surface area contributed by atoms with Crippen LogP contribution < -0.4 is 10.2 Å². The molecule has 0 fully saturated rings. The fourth-order valence-electron chi connectivity index (χ4n) is 3.08. The van der Waals surface area contributed by atoms with Gasteiger partial charge < -0.3 is 15.3 Å². The van der Waals surface area contributed by atoms with E-state index in [-0.39, 0.29) is 17.5 Å². The van der Waals surface area contributed by atoms with Crippen molar-refractivity contribution in [3.63, 3.8) is 0 Å². The van der Waals surface area contributed by atoms with Crippen molar-refractivity contribution < 1.29 is 19.1 Å². The highest BCUT2D eigenvalue weighted by atomic mass is 35.5. The summed E-state index contributed by atoms with van der Waals surface area (Å²) in [5.41, 5.74) is 2.82. The number of carbonyl (C=O) groups excluding carboxylic acids is 1. The maximum Gasteiger partial charge on any atom is 0.308 e. The molecule has 0 radical (unpaired) electrons. The van der Waals surface area contributed by atoms with Gasteiger partial charge in [0.05, 0.1) is 6.42 Å². The molecule has 0 spiro atoms. The molecule has 0 unspecified atom stereocenters. The molecule has 2 aromatic carbocycles. The zero-order valence-electron chi connectivity index (χ0n) is 17.6. The molecule has 1 amide bonds. The number of aromatic nitrogens is 2. The number of aliphatic carboxylic acids is 1. The SMILES string of the molecule is CN(C)c1nc(Cc2ccc(NC(=O)c3ccc(CF)cc3)cc2)nc(Cl)c1CC(=O)O. The molecule has 0 aliphatic carbocycles. The third kappa shape index (κ3) is 5.79. The lowest BCUT2D eigenvalue weighted by Gasteiger charge is -2.17. The minimum atomic E-state index is -1.01. The highest BCUT2D eigenvalue weighted by Crippen LogP contribution is 2.25. The van der Waals surface area contributed by atoms with E-state index in [1.165, 1.54) is 0 Å². The molecular formula is C23H22ClFN4O3. The third-order valence-corrected chi connectivity index (χ3v) is 4.99. The van der Waals surface area contributed by atoms with Crippen molar-refractivity contribution in [1.82, 2.24) is 9.97 Å². The van der Waals surface area contributed by atoms with Crippen LogP contribution in [0.25, 0.3) is 0 Å². The summed E-state index contributed by atoms with van der Waals surface area (Å²) in [6.07, 6.45) is 0.115. The number of anilines is 2. The topological polar surface area (TPSA) is 95.4 Å². The van der Waals surface area contributed by atoms with Crippen LogP contribution >= 0.6 is 11.6 Å². The highest BCUT2D eigenvalue weighted by molar-refractivity contribution is 6.30. The molecule has 3 aromatic rings. The zero-order chi connectivity index (χ0) is 23.3. The molecule has 166 valence electrons. The minimum Gasteiger partial charge on any atom is -0.481 e. The zero-order valence-corrected chi connectivity index (χ0v) is 18.4. The Morgan fingerprint density at radius 3 is 2.22 bits per heavy atom. The van der Waals surface area contributed by atoms with E-state index in [9.17, 15) is 14.0 Å². The van der Waals surface area contributed by atoms with E-state index < -0.39 is 12.6 Å². The predicted octanol–water partition coefficient (Wildman–Crippen LogP) is 4.14. The van der Waals surface area contributed by atoms with Crippen molar-refractivity contribution in [3.05, 3.63) is 81.8 Å². The molecule has 7 nitrogen and oxygen atoms in total. The molecule has 9 heteroatoms. The number of carboxylic acids is 1. The highest BCUT2D eigenvalue weighted by Gasteiger charge is 2.17. The minimum absolute atomic E-state index is 0.115. The number of rotatable bonds is 8. The van der Waals surface area contributed by atoms with Gasteiger partial charge in [-0.2, -0.15) is 0 Å². The van der Waals surface area contributed by atoms with Gasteiger partial charge in [-0.1, -0.05) is 35.9 Å². The number of amides is 1. The number of benzene rings is 2. The van der Waals surface area contributed by atoms with Crippen LogP contribution in [0.3, 0.4) is 0 Å². The monoisotopic (exact) mass is 456 g/mol. The second kappa shape index (κ2) is 10.2. The van der Waals surface area contributed by atoms with Crippen molar-refractivity contribution >= 4 is 35.0 Å². The van der Waals surface area contributed by atoms with E-state index in [0.29, 0.717) is 40.4 Å². The summed E-state index contributed by atoms with van der Waals surface area (Å²) in [4.78, 5) is 33.9. The van der Waals surface area contributed by atoms with Gasteiger partial charge in [0.1, 0.15) is 23.5 Å². The van der Waals surface area contributed by atoms with E-state index in [0.717, 1.165) is 5.56 Å². The van der Waals surface area contributed by atoms with Gasteiger partial charge in [0, 0.05) is 37.3 Å². The Balaban J connectivity index is 1.72. The average molecular weight is 457 g/mol. The van der Waals surface area contributed by atoms with E-state index in [2.05, 4.69) is 15.3 Å². The van der Waals surface area contributed by atoms with E-state index in [1.807, 2.05) is 12.1 Å². The lowest BCUT2D eigenvalue weighted by atomic mass is 10.1. The van der Waals surface area contributed by atoms with Gasteiger partial charge >= 0.3 is 5.97 Å². The number of hydrogen-bond donors (Lipinski definition) is 2. The first-order valence-corrected chi connectivity index (χ1v) is 10.1. The summed E-state index contributed by atoms with van der Waals surface area (Å²) in [5, 5.41) is 12.0. The summed E-state index contributed by atoms with van der Waals surface area (Å²) in [5.74, 6) is -0.382. The van der Waals surface area contributed by atoms with Gasteiger partial charge in [-0.05, 0) is 35.4 Å². The molecule has 0 aliphatic heterocycles. The van der Waals surface area contributed by atoms with Gasteiger partial charge in [0.2, 0.25) is 0 Å². The summed E-state index contributed by atoms with van der Waals surface area (Å²) in [6.45, 7) is -0.573. The first-order valence-electron chi connectivity index (χ1n) is 9.76. The van der Waals surface area contributed by atoms with Crippen LogP contribution in [0.15, 0.2) is 48.5 Å². The number of nitrogens with one attached hydrogen (secondary N) is 1. The van der Waals surface area contributed by atoms with Crippen LogP contribution in [-0.2, 0) is 24.3 Å². The number of carbonyl (C=O) groups is 2. The van der Waals surface area contributed by atoms with Crippen molar-refractivity contribution in [3.8, 4) is 0 Å². The Labute approximate surface area is 189 Å². The number of halogens is 2. The van der Waals surface area contributed by atoms with E-state index in [4.69, 9.17) is 16.7 Å². The first kappa shape index (κ1) is 23.1. The van der Waals surface area contributed by atoms with Crippen LogP contribution in [0.5, 0.6) is 0 Å². The molecule has 0 aliphatic rings. The van der Waals surface area contributed by atoms with Crippen molar-refractivity contribution in [1.29, 1.82) is 0 Å². The Kier molecular flexibility index (Phi) is 7.37. The molecule has 1 aromatic heterocycles. The number of alkyl halides is 1. The Hall–Kier alpha value is -3.52. The van der Waals surface area contributed by atoms with E-state index >= 15 is 0 Å². The lowest BCUT2D eigenvalue weighted by molar-refractivity contribution is -0.136. The number of nitrogens with zero attached hydrogens (tertiary/aromatic N) is 3. The fraction of sp³-hybridized carbons (Fsp3) is 0.217. The van der Waals surface area contributed by atoms with E-state index in [1.54, 1.807) is 55.4 Å². The maximum absolute atomic E-state index is 12.6. The largest absolute Gasteiger partial charge is 0.481 e. The Bertz CT molecular complexity index is 1120. The van der Waals surface area contributed by atoms with Gasteiger partial charge in [0.15, 0.2) is 0 Å². The first-order chi connectivity index (χ1) is 15.3. The second-order valence-electron chi connectivity index (χ2n) is 7.36. The Morgan fingerprint density at radius 2 is 1.66 bits per heavy atom. The van der Waals surface area contributed by atoms with Crippen LogP contribution in [0.2, 0.25) is 5.15 Å². The van der Waals surface area contributed by atoms with Crippen molar-refractivity contribution in [2.45, 2.75) is 19.5 Å². The average Bonchev–Trinajstić information content (AvgIpc) is 2.76. The van der Waals surface area contributed by atoms with Crippen LogP contribution in [-0.4, -0.2) is 41.0 Å². The molecule has 3 rings (SSSR count). The lowest BCUT2D eigenvalue weighted by Crippen LogP contribution is -2.18. The van der Waals surface area contributed by atoms with Crippen LogP contribution in [0.1, 0.15) is 32.9 Å². The number of carboxylic acid groups (broad SMARTS) is 1. The molecular weight excluding hydrogens is 435 g/mol. The molecule has 2 N–H and O–H groups in total. The van der Waals surface area contributed by atoms with Crippen molar-refractivity contribution in [2.75, 3.05) is 24.3 Å². The molecule has 1 heterocycles. The summed E-state index contributed by atoms with van der Waals surface area (Å²) in [6, 6.07) is 13.5. The summed E-state index contributed by atoms with van der Waals surface area (Å²) < 4.78 is 12.6. The fourth-order valence-corrected chi connectivity index (χ4v) is 3.33. The van der Waals surface area contributed by atoms with Gasteiger partial charge in [-0.3, -0.25) is 9.59 Å². The third-order valence-electron chi connectivity index (χ3n) is 4.68. The van der Waals surface area contributed by atoms with Gasteiger partial charge in [-0.15, -0.1) is 0 Å². The summed E-state index contributed by atoms with van der Waals surface area (Å²) in [7, 11) is 3.52. The Morgan fingerprint density at radius 1 is 1.03 bits per heavy atom. The van der Waals surface area contributed by atoms with Gasteiger partial charge in [-0.25, -0.2) is 14.4 Å². The van der Waals surface area contributed by atoms with Crippen LogP contribution in [0.4, 0.5) is 15.9 Å². The quantitative estimate of drug-likeness (QED) is 0.495. The predicted molar refractivity (Wildman–Crippen MR) is 121 cm³/mol. The smallest absolute Gasteiger partial charge is 0.308 e. The molecule has 0 saturated carbocycles. The maximum atomic E-state index is 12.6. The molecule has 0 saturated heterocycles. The molecule has 0 bridgehead atoms. The second-order valence-corrected chi connectivity index (χ2v) is 7.71. The van der Waals surface area contributed by atoms with Crippen LogP contribution in [0, 0.1) is 0 Å². The molecule has 0 atom stereocenters. The number of hydrogen-bond acceptors (Lipinski definition) is 5. The standard InChI is InChI=1S/C23H22ClFN4O3/c1-29(2)22-18(12-20(30)31)21(24)27-19(28-22)11-14-5-9-17(10-6-14)26-23(32)16-7-3-15(13-25)4-8-16/h3-10H,11-13H2,1-2H3,(H,26,32)(H,30,31). The van der Waals surface area contributed by atoms with Crippen molar-refractivity contribution in [2.24, 2.45) is 0 Å². The normalized spacial score (nSPS) is 10.6. The van der Waals surface area contributed by atoms with Gasteiger partial charge in [0.25, 0.3) is 5.91 Å².